The zero-order valence-electron chi connectivity index (χ0n) is 14.1. The van der Waals surface area contributed by atoms with Crippen LogP contribution in [0.15, 0.2) is 18.7 Å². The third-order valence-electron chi connectivity index (χ3n) is 3.57. The van der Waals surface area contributed by atoms with E-state index in [4.69, 9.17) is 4.74 Å². The third-order valence-corrected chi connectivity index (χ3v) is 3.57. The largest absolute Gasteiger partial charge is 0.450 e. The van der Waals surface area contributed by atoms with E-state index < -0.39 is 0 Å². The number of hydrogen-bond acceptors (Lipinski definition) is 6. The summed E-state index contributed by atoms with van der Waals surface area (Å²) in [6.45, 7) is 10.2. The van der Waals surface area contributed by atoms with Crippen LogP contribution < -0.4 is 10.2 Å². The van der Waals surface area contributed by atoms with Gasteiger partial charge in [0, 0.05) is 38.4 Å². The van der Waals surface area contributed by atoms with E-state index in [0.29, 0.717) is 51.0 Å². The van der Waals surface area contributed by atoms with Gasteiger partial charge in [0.05, 0.1) is 6.61 Å². The summed E-state index contributed by atoms with van der Waals surface area (Å²) in [5.74, 6) is 0.245. The summed E-state index contributed by atoms with van der Waals surface area (Å²) in [4.78, 5) is 36.2. The fourth-order valence-electron chi connectivity index (χ4n) is 2.37. The van der Waals surface area contributed by atoms with Crippen molar-refractivity contribution in [2.24, 2.45) is 0 Å². The summed E-state index contributed by atoms with van der Waals surface area (Å²) in [7, 11) is 0. The van der Waals surface area contributed by atoms with Crippen LogP contribution in [0.5, 0.6) is 0 Å². The van der Waals surface area contributed by atoms with E-state index in [2.05, 4.69) is 21.9 Å². The maximum atomic E-state index is 12.1. The van der Waals surface area contributed by atoms with Crippen molar-refractivity contribution in [3.05, 3.63) is 30.1 Å². The van der Waals surface area contributed by atoms with Crippen LogP contribution in [-0.2, 0) is 4.74 Å². The number of anilines is 1. The van der Waals surface area contributed by atoms with Gasteiger partial charge in [-0.25, -0.2) is 14.8 Å². The lowest BCUT2D eigenvalue weighted by atomic mass is 10.3. The summed E-state index contributed by atoms with van der Waals surface area (Å²) in [5.41, 5.74) is 1.05. The van der Waals surface area contributed by atoms with Gasteiger partial charge in [-0.05, 0) is 19.9 Å². The Morgan fingerprint density at radius 2 is 2.04 bits per heavy atom. The Balaban J connectivity index is 2.05. The van der Waals surface area contributed by atoms with E-state index >= 15 is 0 Å². The topological polar surface area (TPSA) is 87.7 Å². The molecule has 24 heavy (non-hydrogen) atoms. The predicted octanol–water partition coefficient (Wildman–Crippen LogP) is 0.979. The first kappa shape index (κ1) is 17.7. The molecule has 130 valence electrons. The van der Waals surface area contributed by atoms with Gasteiger partial charge in [0.1, 0.15) is 5.69 Å². The smallest absolute Gasteiger partial charge is 0.409 e. The number of rotatable bonds is 5. The summed E-state index contributed by atoms with van der Waals surface area (Å²) in [6, 6.07) is 1.65. The van der Waals surface area contributed by atoms with Crippen LogP contribution in [0, 0.1) is 6.92 Å². The average molecular weight is 333 g/mol. The van der Waals surface area contributed by atoms with Crippen LogP contribution >= 0.6 is 0 Å². The highest BCUT2D eigenvalue weighted by molar-refractivity contribution is 5.92. The Morgan fingerprint density at radius 3 is 2.67 bits per heavy atom. The van der Waals surface area contributed by atoms with Gasteiger partial charge in [0.15, 0.2) is 0 Å². The molecule has 8 nitrogen and oxygen atoms in total. The molecule has 1 aromatic rings. The van der Waals surface area contributed by atoms with Crippen molar-refractivity contribution in [1.82, 2.24) is 20.2 Å². The fraction of sp³-hybridized carbons (Fsp3) is 0.500. The minimum atomic E-state index is -0.299. The molecule has 1 aliphatic heterocycles. The van der Waals surface area contributed by atoms with Gasteiger partial charge in [-0.3, -0.25) is 4.79 Å². The van der Waals surface area contributed by atoms with Crippen LogP contribution in [0.3, 0.4) is 0 Å². The molecule has 0 atom stereocenters. The Morgan fingerprint density at radius 1 is 1.33 bits per heavy atom. The number of nitrogens with one attached hydrogen (secondary N) is 1. The zero-order chi connectivity index (χ0) is 17.5. The van der Waals surface area contributed by atoms with Gasteiger partial charge in [-0.2, -0.15) is 0 Å². The minimum Gasteiger partial charge on any atom is -0.450 e. The van der Waals surface area contributed by atoms with Gasteiger partial charge in [0.25, 0.3) is 5.91 Å². The fourth-order valence-corrected chi connectivity index (χ4v) is 2.37. The molecule has 1 saturated heterocycles. The lowest BCUT2D eigenvalue weighted by Crippen LogP contribution is -2.49. The molecule has 0 aromatic carbocycles. The minimum absolute atomic E-state index is 0.258. The number of aromatic nitrogens is 2. The maximum Gasteiger partial charge on any atom is 0.409 e. The molecule has 2 amide bonds. The molecule has 1 aromatic heterocycles. The number of carbonyl (C=O) groups is 2. The monoisotopic (exact) mass is 333 g/mol. The van der Waals surface area contributed by atoms with Gasteiger partial charge >= 0.3 is 6.09 Å². The first-order valence-corrected chi connectivity index (χ1v) is 7.96. The van der Waals surface area contributed by atoms with E-state index in [0.717, 1.165) is 5.69 Å². The van der Waals surface area contributed by atoms with E-state index in [1.807, 2.05) is 11.8 Å². The molecule has 2 rings (SSSR count). The lowest BCUT2D eigenvalue weighted by Gasteiger charge is -2.34. The van der Waals surface area contributed by atoms with Gasteiger partial charge in [0.2, 0.25) is 5.95 Å². The second-order valence-electron chi connectivity index (χ2n) is 5.37. The molecule has 0 radical (unpaired) electrons. The van der Waals surface area contributed by atoms with Crippen LogP contribution in [0.4, 0.5) is 10.7 Å². The summed E-state index contributed by atoms with van der Waals surface area (Å²) < 4.78 is 5.01. The molecule has 0 aliphatic carbocycles. The number of aryl methyl sites for hydroxylation is 1. The van der Waals surface area contributed by atoms with Crippen LogP contribution in [0.2, 0.25) is 0 Å². The number of amides is 2. The normalized spacial score (nSPS) is 14.2. The third kappa shape index (κ3) is 4.43. The number of carbonyl (C=O) groups excluding carboxylic acids is 2. The first-order chi connectivity index (χ1) is 11.5. The van der Waals surface area contributed by atoms with Crippen molar-refractivity contribution in [3.8, 4) is 0 Å². The van der Waals surface area contributed by atoms with Crippen LogP contribution in [-0.4, -0.2) is 66.2 Å². The van der Waals surface area contributed by atoms with Crippen LogP contribution in [0.25, 0.3) is 0 Å². The Bertz CT molecular complexity index is 612. The Hall–Kier alpha value is -2.64. The second-order valence-corrected chi connectivity index (χ2v) is 5.37. The number of nitrogens with zero attached hydrogens (tertiary/aromatic N) is 4. The molecule has 1 fully saturated rings. The number of ether oxygens (including phenoxy) is 1. The van der Waals surface area contributed by atoms with Crippen molar-refractivity contribution < 1.29 is 14.3 Å². The second kappa shape index (κ2) is 8.28. The van der Waals surface area contributed by atoms with Crippen molar-refractivity contribution in [2.45, 2.75) is 13.8 Å². The number of hydrogen-bond donors (Lipinski definition) is 1. The predicted molar refractivity (Wildman–Crippen MR) is 90.1 cm³/mol. The molecule has 0 bridgehead atoms. The molecule has 8 heteroatoms. The molecule has 1 N–H and O–H groups in total. The summed E-state index contributed by atoms with van der Waals surface area (Å²) in [6.07, 6.45) is 1.31. The lowest BCUT2D eigenvalue weighted by molar-refractivity contribution is 0.0952. The first-order valence-electron chi connectivity index (χ1n) is 7.96. The molecule has 1 aliphatic rings. The highest BCUT2D eigenvalue weighted by Crippen LogP contribution is 2.14. The number of piperazine rings is 1. The summed E-state index contributed by atoms with van der Waals surface area (Å²) >= 11 is 0. The van der Waals surface area contributed by atoms with E-state index in [-0.39, 0.29) is 12.0 Å². The maximum absolute atomic E-state index is 12.1. The summed E-state index contributed by atoms with van der Waals surface area (Å²) in [5, 5.41) is 2.71. The Labute approximate surface area is 141 Å². The standard InChI is InChI=1S/C16H23N5O3/c1-4-6-17-14(22)13-11-12(3)18-15(19-13)20-7-9-21(10-8-20)16(23)24-5-2/h4,11H,1,5-10H2,2-3H3,(H,17,22). The highest BCUT2D eigenvalue weighted by Gasteiger charge is 2.24. The molecular formula is C16H23N5O3. The van der Waals surface area contributed by atoms with Crippen molar-refractivity contribution >= 4 is 17.9 Å². The van der Waals surface area contributed by atoms with E-state index in [1.54, 1.807) is 24.0 Å². The highest BCUT2D eigenvalue weighted by atomic mass is 16.6. The molecule has 0 spiro atoms. The molecular weight excluding hydrogens is 310 g/mol. The van der Waals surface area contributed by atoms with Crippen molar-refractivity contribution in [3.63, 3.8) is 0 Å². The molecule has 2 heterocycles. The van der Waals surface area contributed by atoms with Crippen molar-refractivity contribution in [2.75, 3.05) is 44.2 Å². The molecule has 0 saturated carbocycles. The van der Waals surface area contributed by atoms with Gasteiger partial charge < -0.3 is 19.9 Å². The molecule has 0 unspecified atom stereocenters. The SMILES string of the molecule is C=CCNC(=O)c1cc(C)nc(N2CCN(C(=O)OCC)CC2)n1. The van der Waals surface area contributed by atoms with Crippen LogP contribution in [0.1, 0.15) is 23.1 Å². The van der Waals surface area contributed by atoms with E-state index in [9.17, 15) is 9.59 Å². The quantitative estimate of drug-likeness (QED) is 0.808. The van der Waals surface area contributed by atoms with Crippen molar-refractivity contribution in [1.29, 1.82) is 0 Å². The van der Waals surface area contributed by atoms with Gasteiger partial charge in [-0.1, -0.05) is 6.08 Å². The Kier molecular flexibility index (Phi) is 6.11. The van der Waals surface area contributed by atoms with Gasteiger partial charge in [-0.15, -0.1) is 6.58 Å². The average Bonchev–Trinajstić information content (AvgIpc) is 2.59. The van der Waals surface area contributed by atoms with E-state index in [1.165, 1.54) is 0 Å². The zero-order valence-corrected chi connectivity index (χ0v) is 14.1.